The van der Waals surface area contributed by atoms with Crippen LogP contribution in [0, 0.1) is 0 Å². The molecule has 1 unspecified atom stereocenters. The zero-order valence-corrected chi connectivity index (χ0v) is 10.3. The summed E-state index contributed by atoms with van der Waals surface area (Å²) in [6.07, 6.45) is -8.77. The molecule has 16 heavy (non-hydrogen) atoms. The monoisotopic (exact) mass is 344 g/mol. The summed E-state index contributed by atoms with van der Waals surface area (Å²) in [6.45, 7) is 0. The van der Waals surface area contributed by atoms with Crippen LogP contribution < -0.4 is 0 Å². The molecule has 1 rings (SSSR count). The first-order chi connectivity index (χ1) is 7.07. The lowest BCUT2D eigenvalue weighted by Gasteiger charge is -2.23. The van der Waals surface area contributed by atoms with Crippen LogP contribution in [0.25, 0.3) is 0 Å². The molecule has 1 nitrogen and oxygen atoms in total. The van der Waals surface area contributed by atoms with Gasteiger partial charge < -0.3 is 5.11 Å². The molecule has 0 saturated heterocycles. The first kappa shape index (κ1) is 14.1. The van der Waals surface area contributed by atoms with E-state index < -0.39 is 23.1 Å². The van der Waals surface area contributed by atoms with Gasteiger partial charge in [-0.1, -0.05) is 11.6 Å². The standard InChI is InChI=1S/C7H3BrClF5OS/c8-2-1-3(16-5(2)9)4(15)6(10,11)7(12,13)14/h1,4,15H. The molecule has 1 atom stereocenters. The highest BCUT2D eigenvalue weighted by molar-refractivity contribution is 9.10. The molecule has 0 aliphatic carbocycles. The third kappa shape index (κ3) is 2.49. The number of hydrogen-bond donors (Lipinski definition) is 1. The third-order valence-electron chi connectivity index (χ3n) is 1.66. The van der Waals surface area contributed by atoms with Crippen molar-refractivity contribution in [3.63, 3.8) is 0 Å². The average molecular weight is 346 g/mol. The van der Waals surface area contributed by atoms with E-state index in [0.29, 0.717) is 11.3 Å². The Balaban J connectivity index is 3.07. The van der Waals surface area contributed by atoms with Gasteiger partial charge in [0.15, 0.2) is 6.10 Å². The van der Waals surface area contributed by atoms with Crippen LogP contribution >= 0.6 is 38.9 Å². The average Bonchev–Trinajstić information content (AvgIpc) is 2.43. The number of halogens is 7. The molecule has 9 heteroatoms. The van der Waals surface area contributed by atoms with E-state index in [1.54, 1.807) is 0 Å². The minimum atomic E-state index is -5.81. The number of rotatable bonds is 2. The maximum Gasteiger partial charge on any atom is 0.456 e. The van der Waals surface area contributed by atoms with E-state index >= 15 is 0 Å². The van der Waals surface area contributed by atoms with Crippen molar-refractivity contribution in [3.05, 3.63) is 19.8 Å². The van der Waals surface area contributed by atoms with Gasteiger partial charge in [0, 0.05) is 9.35 Å². The second-order valence-electron chi connectivity index (χ2n) is 2.79. The predicted octanol–water partition coefficient (Wildman–Crippen LogP) is 4.40. The van der Waals surface area contributed by atoms with Crippen LogP contribution in [0.4, 0.5) is 22.0 Å². The number of alkyl halides is 5. The largest absolute Gasteiger partial charge is 0.456 e. The van der Waals surface area contributed by atoms with Crippen molar-refractivity contribution >= 4 is 38.9 Å². The Labute approximate surface area is 104 Å². The van der Waals surface area contributed by atoms with Crippen molar-refractivity contribution in [1.82, 2.24) is 0 Å². The molecule has 1 aromatic heterocycles. The lowest BCUT2D eigenvalue weighted by atomic mass is 10.1. The van der Waals surface area contributed by atoms with Gasteiger partial charge in [-0.15, -0.1) is 11.3 Å². The summed E-state index contributed by atoms with van der Waals surface area (Å²) in [4.78, 5) is -0.556. The van der Waals surface area contributed by atoms with Gasteiger partial charge in [-0.05, 0) is 22.0 Å². The molecule has 0 bridgehead atoms. The number of hydrogen-bond acceptors (Lipinski definition) is 2. The fraction of sp³-hybridized carbons (Fsp3) is 0.429. The zero-order chi connectivity index (χ0) is 12.7. The van der Waals surface area contributed by atoms with E-state index in [0.717, 1.165) is 6.07 Å². The first-order valence-electron chi connectivity index (χ1n) is 3.64. The van der Waals surface area contributed by atoms with Gasteiger partial charge in [-0.3, -0.25) is 0 Å². The number of aliphatic hydroxyl groups is 1. The molecule has 1 aromatic rings. The summed E-state index contributed by atoms with van der Waals surface area (Å²) >= 11 is 8.77. The normalized spacial score (nSPS) is 15.2. The van der Waals surface area contributed by atoms with E-state index in [4.69, 9.17) is 16.7 Å². The van der Waals surface area contributed by atoms with E-state index in [-0.39, 0.29) is 8.81 Å². The lowest BCUT2D eigenvalue weighted by Crippen LogP contribution is -2.41. The Morgan fingerprint density at radius 3 is 2.12 bits per heavy atom. The summed E-state index contributed by atoms with van der Waals surface area (Å²) in [6, 6.07) is 0.928. The molecule has 0 aromatic carbocycles. The molecule has 0 aliphatic heterocycles. The molecule has 92 valence electrons. The quantitative estimate of drug-likeness (QED) is 0.788. The third-order valence-corrected chi connectivity index (χ3v) is 4.18. The Bertz CT molecular complexity index is 371. The van der Waals surface area contributed by atoms with Gasteiger partial charge in [-0.25, -0.2) is 0 Å². The second kappa shape index (κ2) is 4.40. The molecule has 0 spiro atoms. The summed E-state index contributed by atoms with van der Waals surface area (Å²) < 4.78 is 61.4. The molecule has 0 fully saturated rings. The molecule has 0 saturated carbocycles. The molecule has 0 aliphatic rings. The summed E-state index contributed by atoms with van der Waals surface area (Å²) in [5, 5.41) is 8.98. The second-order valence-corrected chi connectivity index (χ2v) is 5.33. The van der Waals surface area contributed by atoms with Crippen molar-refractivity contribution in [1.29, 1.82) is 0 Å². The Morgan fingerprint density at radius 1 is 1.31 bits per heavy atom. The van der Waals surface area contributed by atoms with E-state index in [1.165, 1.54) is 0 Å². The maximum absolute atomic E-state index is 12.7. The van der Waals surface area contributed by atoms with Gasteiger partial charge in [0.25, 0.3) is 0 Å². The highest BCUT2D eigenvalue weighted by Crippen LogP contribution is 2.47. The Hall–Kier alpha value is 0.0800. The highest BCUT2D eigenvalue weighted by atomic mass is 79.9. The van der Waals surface area contributed by atoms with Crippen LogP contribution in [-0.4, -0.2) is 17.2 Å². The summed E-state index contributed by atoms with van der Waals surface area (Å²) in [5.41, 5.74) is 0. The SMILES string of the molecule is OC(c1cc(Br)c(Cl)s1)C(F)(F)C(F)(F)F. The Kier molecular flexibility index (Phi) is 3.88. The van der Waals surface area contributed by atoms with Crippen LogP contribution in [-0.2, 0) is 0 Å². The molecule has 1 heterocycles. The van der Waals surface area contributed by atoms with E-state index in [1.807, 2.05) is 0 Å². The van der Waals surface area contributed by atoms with Crippen LogP contribution in [0.5, 0.6) is 0 Å². The van der Waals surface area contributed by atoms with Crippen molar-refractivity contribution in [2.45, 2.75) is 18.2 Å². The van der Waals surface area contributed by atoms with E-state index in [2.05, 4.69) is 15.9 Å². The van der Waals surface area contributed by atoms with Crippen LogP contribution in [0.15, 0.2) is 10.5 Å². The van der Waals surface area contributed by atoms with Gasteiger partial charge in [0.05, 0.1) is 0 Å². The van der Waals surface area contributed by atoms with Crippen molar-refractivity contribution < 1.29 is 27.1 Å². The molecule has 0 amide bonds. The fourth-order valence-corrected chi connectivity index (χ4v) is 2.59. The van der Waals surface area contributed by atoms with Crippen molar-refractivity contribution in [2.75, 3.05) is 0 Å². The van der Waals surface area contributed by atoms with E-state index in [9.17, 15) is 22.0 Å². The molecule has 1 N–H and O–H groups in total. The van der Waals surface area contributed by atoms with Crippen LogP contribution in [0.2, 0.25) is 4.34 Å². The van der Waals surface area contributed by atoms with Crippen LogP contribution in [0.1, 0.15) is 11.0 Å². The maximum atomic E-state index is 12.7. The number of aliphatic hydroxyl groups excluding tert-OH is 1. The molecule has 0 radical (unpaired) electrons. The number of thiophene rings is 1. The van der Waals surface area contributed by atoms with Gasteiger partial charge in [-0.2, -0.15) is 22.0 Å². The molecular formula is C7H3BrClF5OS. The van der Waals surface area contributed by atoms with Gasteiger partial charge in [0.1, 0.15) is 4.34 Å². The Morgan fingerprint density at radius 2 is 1.81 bits per heavy atom. The summed E-state index contributed by atoms with van der Waals surface area (Å²) in [7, 11) is 0. The van der Waals surface area contributed by atoms with Crippen molar-refractivity contribution in [3.8, 4) is 0 Å². The topological polar surface area (TPSA) is 20.2 Å². The predicted molar refractivity (Wildman–Crippen MR) is 53.0 cm³/mol. The van der Waals surface area contributed by atoms with Crippen molar-refractivity contribution in [2.24, 2.45) is 0 Å². The van der Waals surface area contributed by atoms with Gasteiger partial charge >= 0.3 is 12.1 Å². The minimum absolute atomic E-state index is 0.00738. The minimum Gasteiger partial charge on any atom is -0.381 e. The highest BCUT2D eigenvalue weighted by Gasteiger charge is 2.63. The fourth-order valence-electron chi connectivity index (χ4n) is 0.832. The molecular weight excluding hydrogens is 342 g/mol. The first-order valence-corrected chi connectivity index (χ1v) is 5.63. The zero-order valence-electron chi connectivity index (χ0n) is 7.16. The smallest absolute Gasteiger partial charge is 0.381 e. The van der Waals surface area contributed by atoms with Crippen LogP contribution in [0.3, 0.4) is 0 Å². The van der Waals surface area contributed by atoms with Gasteiger partial charge in [0.2, 0.25) is 0 Å². The lowest BCUT2D eigenvalue weighted by molar-refractivity contribution is -0.314. The summed E-state index contributed by atoms with van der Waals surface area (Å²) in [5.74, 6) is -5.21.